The number of carbonyl (C=O) groups excluding carboxylic acids is 1. The fourth-order valence-corrected chi connectivity index (χ4v) is 3.43. The number of hydrogen-bond donors (Lipinski definition) is 3. The van der Waals surface area contributed by atoms with Crippen molar-refractivity contribution in [3.63, 3.8) is 0 Å². The lowest BCUT2D eigenvalue weighted by molar-refractivity contribution is -0.118. The highest BCUT2D eigenvalue weighted by molar-refractivity contribution is 5.75. The summed E-state index contributed by atoms with van der Waals surface area (Å²) in [6, 6.07) is 19.3. The van der Waals surface area contributed by atoms with Gasteiger partial charge in [0.25, 0.3) is 0 Å². The van der Waals surface area contributed by atoms with Crippen molar-refractivity contribution < 1.29 is 9.18 Å². The van der Waals surface area contributed by atoms with Crippen LogP contribution in [0, 0.1) is 17.1 Å². The third kappa shape index (κ3) is 5.65. The molecule has 1 aromatic heterocycles. The molecule has 1 unspecified atom stereocenters. The maximum absolute atomic E-state index is 13.5. The molecular formula is C24H24FN5O. The monoisotopic (exact) mass is 417 g/mol. The number of nitrogens with one attached hydrogen (secondary N) is 2. The van der Waals surface area contributed by atoms with Gasteiger partial charge >= 0.3 is 0 Å². The normalized spacial score (nSPS) is 11.5. The van der Waals surface area contributed by atoms with Crippen molar-refractivity contribution in [1.82, 2.24) is 10.3 Å². The van der Waals surface area contributed by atoms with Crippen LogP contribution in [0.4, 0.5) is 10.2 Å². The van der Waals surface area contributed by atoms with Crippen LogP contribution in [0.25, 0.3) is 11.3 Å². The van der Waals surface area contributed by atoms with E-state index in [0.29, 0.717) is 30.0 Å². The zero-order chi connectivity index (χ0) is 22.2. The molecule has 0 saturated carbocycles. The second-order valence-electron chi connectivity index (χ2n) is 7.11. The van der Waals surface area contributed by atoms with Gasteiger partial charge in [-0.15, -0.1) is 0 Å². The Kier molecular flexibility index (Phi) is 7.31. The van der Waals surface area contributed by atoms with Crippen molar-refractivity contribution >= 4 is 11.7 Å². The number of aromatic nitrogens is 1. The summed E-state index contributed by atoms with van der Waals surface area (Å²) in [4.78, 5) is 16.3. The lowest BCUT2D eigenvalue weighted by atomic mass is 10.0. The number of pyridine rings is 1. The summed E-state index contributed by atoms with van der Waals surface area (Å²) in [5.41, 5.74) is 8.96. The molecule has 1 atom stereocenters. The first kappa shape index (κ1) is 21.9. The van der Waals surface area contributed by atoms with Gasteiger partial charge in [0.2, 0.25) is 5.91 Å². The summed E-state index contributed by atoms with van der Waals surface area (Å²) in [5.74, 6) is -0.116. The zero-order valence-electron chi connectivity index (χ0n) is 17.2. The number of primary amides is 1. The number of hydrogen-bond acceptors (Lipinski definition) is 5. The maximum atomic E-state index is 13.5. The molecule has 0 bridgehead atoms. The van der Waals surface area contributed by atoms with E-state index in [1.807, 2.05) is 30.3 Å². The van der Waals surface area contributed by atoms with E-state index in [9.17, 15) is 14.4 Å². The average Bonchev–Trinajstić information content (AvgIpc) is 2.77. The second-order valence-corrected chi connectivity index (χ2v) is 7.11. The van der Waals surface area contributed by atoms with Crippen LogP contribution < -0.4 is 16.4 Å². The summed E-state index contributed by atoms with van der Waals surface area (Å²) < 4.78 is 13.5. The van der Waals surface area contributed by atoms with Gasteiger partial charge in [-0.3, -0.25) is 4.79 Å². The molecule has 4 N–H and O–H groups in total. The number of carbonyl (C=O) groups is 1. The summed E-state index contributed by atoms with van der Waals surface area (Å²) >= 11 is 0. The Morgan fingerprint density at radius 2 is 2.00 bits per heavy atom. The molecule has 0 aliphatic heterocycles. The van der Waals surface area contributed by atoms with E-state index in [0.717, 1.165) is 16.7 Å². The predicted molar refractivity (Wildman–Crippen MR) is 119 cm³/mol. The molecule has 2 aromatic carbocycles. The largest absolute Gasteiger partial charge is 0.370 e. The topological polar surface area (TPSA) is 104 Å². The third-order valence-corrected chi connectivity index (χ3v) is 4.97. The Bertz CT molecular complexity index is 1110. The van der Waals surface area contributed by atoms with Crippen LogP contribution in [-0.4, -0.2) is 24.5 Å². The minimum absolute atomic E-state index is 0.116. The number of halogens is 1. The molecule has 3 rings (SSSR count). The average molecular weight is 417 g/mol. The van der Waals surface area contributed by atoms with Crippen LogP contribution in [0.1, 0.15) is 29.2 Å². The number of amides is 1. The van der Waals surface area contributed by atoms with E-state index in [-0.39, 0.29) is 18.3 Å². The quantitative estimate of drug-likeness (QED) is 0.494. The van der Waals surface area contributed by atoms with Crippen LogP contribution in [0.15, 0.2) is 60.7 Å². The molecule has 0 aliphatic carbocycles. The van der Waals surface area contributed by atoms with Gasteiger partial charge in [-0.2, -0.15) is 5.26 Å². The standard InChI is InChI=1S/C24H24FN5O/c1-28-22(14-23(27)31)20-9-10-21(19-8-3-2-6-17(19)15-26)30-24(20)29-12-11-16-5-4-7-18(25)13-16/h2-10,13,22,28H,11-12,14H2,1H3,(H2,27,31)(H,29,30). The van der Waals surface area contributed by atoms with E-state index in [1.54, 1.807) is 25.2 Å². The predicted octanol–water partition coefficient (Wildman–Crippen LogP) is 3.55. The molecule has 31 heavy (non-hydrogen) atoms. The van der Waals surface area contributed by atoms with Crippen LogP contribution in [0.3, 0.4) is 0 Å². The highest BCUT2D eigenvalue weighted by atomic mass is 19.1. The first-order valence-corrected chi connectivity index (χ1v) is 9.96. The summed E-state index contributed by atoms with van der Waals surface area (Å²) in [6.45, 7) is 0.514. The minimum Gasteiger partial charge on any atom is -0.370 e. The molecule has 158 valence electrons. The summed E-state index contributed by atoms with van der Waals surface area (Å²) in [5, 5.41) is 15.8. The molecule has 0 spiro atoms. The van der Waals surface area contributed by atoms with E-state index in [1.165, 1.54) is 12.1 Å². The minimum atomic E-state index is -0.427. The van der Waals surface area contributed by atoms with Gasteiger partial charge in [-0.1, -0.05) is 36.4 Å². The zero-order valence-corrected chi connectivity index (χ0v) is 17.2. The highest BCUT2D eigenvalue weighted by Gasteiger charge is 2.18. The van der Waals surface area contributed by atoms with Crippen molar-refractivity contribution in [2.24, 2.45) is 5.73 Å². The van der Waals surface area contributed by atoms with Crippen molar-refractivity contribution in [1.29, 1.82) is 5.26 Å². The van der Waals surface area contributed by atoms with Crippen LogP contribution in [0.5, 0.6) is 0 Å². The smallest absolute Gasteiger partial charge is 0.219 e. The molecule has 3 aromatic rings. The second kappa shape index (κ2) is 10.3. The summed E-state index contributed by atoms with van der Waals surface area (Å²) in [7, 11) is 1.75. The molecule has 0 radical (unpaired) electrons. The Labute approximate surface area is 180 Å². The SMILES string of the molecule is CNC(CC(N)=O)c1ccc(-c2ccccc2C#N)nc1NCCc1cccc(F)c1. The van der Waals surface area contributed by atoms with Crippen molar-refractivity contribution in [3.8, 4) is 17.3 Å². The third-order valence-electron chi connectivity index (χ3n) is 4.97. The first-order chi connectivity index (χ1) is 15.0. The summed E-state index contributed by atoms with van der Waals surface area (Å²) in [6.07, 6.45) is 0.711. The first-order valence-electron chi connectivity index (χ1n) is 9.96. The van der Waals surface area contributed by atoms with Gasteiger partial charge in [0, 0.05) is 30.1 Å². The van der Waals surface area contributed by atoms with E-state index in [2.05, 4.69) is 16.7 Å². The van der Waals surface area contributed by atoms with Crippen molar-refractivity contribution in [3.05, 3.63) is 83.2 Å². The molecular weight excluding hydrogens is 393 g/mol. The van der Waals surface area contributed by atoms with Crippen LogP contribution in [-0.2, 0) is 11.2 Å². The van der Waals surface area contributed by atoms with Gasteiger partial charge < -0.3 is 16.4 Å². The van der Waals surface area contributed by atoms with Gasteiger partial charge in [0.1, 0.15) is 11.6 Å². The molecule has 1 amide bonds. The van der Waals surface area contributed by atoms with E-state index in [4.69, 9.17) is 10.7 Å². The fourth-order valence-electron chi connectivity index (χ4n) is 3.43. The highest BCUT2D eigenvalue weighted by Crippen LogP contribution is 2.29. The van der Waals surface area contributed by atoms with E-state index < -0.39 is 5.91 Å². The molecule has 0 aliphatic rings. The fraction of sp³-hybridized carbons (Fsp3) is 0.208. The molecule has 7 heteroatoms. The number of benzene rings is 2. The van der Waals surface area contributed by atoms with Gasteiger partial charge in [-0.25, -0.2) is 9.37 Å². The molecule has 0 saturated heterocycles. The number of rotatable bonds is 9. The van der Waals surface area contributed by atoms with Crippen molar-refractivity contribution in [2.45, 2.75) is 18.9 Å². The van der Waals surface area contributed by atoms with E-state index >= 15 is 0 Å². The number of nitrogens with zero attached hydrogens (tertiary/aromatic N) is 2. The number of anilines is 1. The molecule has 1 heterocycles. The lowest BCUT2D eigenvalue weighted by Crippen LogP contribution is -2.25. The molecule has 0 fully saturated rings. The van der Waals surface area contributed by atoms with Gasteiger partial charge in [0.05, 0.1) is 17.3 Å². The lowest BCUT2D eigenvalue weighted by Gasteiger charge is -2.20. The van der Waals surface area contributed by atoms with Gasteiger partial charge in [0.15, 0.2) is 0 Å². The maximum Gasteiger partial charge on any atom is 0.219 e. The Morgan fingerprint density at radius 3 is 2.71 bits per heavy atom. The Balaban J connectivity index is 1.93. The van der Waals surface area contributed by atoms with Gasteiger partial charge in [-0.05, 0) is 43.3 Å². The van der Waals surface area contributed by atoms with Crippen LogP contribution in [0.2, 0.25) is 0 Å². The Hall–Kier alpha value is -3.76. The van der Waals surface area contributed by atoms with Crippen molar-refractivity contribution in [2.75, 3.05) is 18.9 Å². The van der Waals surface area contributed by atoms with Crippen LogP contribution >= 0.6 is 0 Å². The number of nitrogens with two attached hydrogens (primary N) is 1. The number of nitriles is 1. The molecule has 6 nitrogen and oxygen atoms in total. The Morgan fingerprint density at radius 1 is 1.19 bits per heavy atom.